The number of nitrogens with zero attached hydrogens (tertiary/aromatic N) is 4. The minimum absolute atomic E-state index is 0.0264. The summed E-state index contributed by atoms with van der Waals surface area (Å²) in [7, 11) is -3.39. The van der Waals surface area contributed by atoms with Crippen LogP contribution in [0.25, 0.3) is 34.3 Å². The van der Waals surface area contributed by atoms with Crippen molar-refractivity contribution < 1.29 is 22.4 Å². The van der Waals surface area contributed by atoms with Gasteiger partial charge in [-0.25, -0.2) is 18.4 Å². The van der Waals surface area contributed by atoms with E-state index >= 15 is 0 Å². The summed E-state index contributed by atoms with van der Waals surface area (Å²) in [6.45, 7) is 4.55. The summed E-state index contributed by atoms with van der Waals surface area (Å²) in [5.74, 6) is 0.00284. The van der Waals surface area contributed by atoms with E-state index in [1.165, 1.54) is 25.3 Å². The maximum absolute atomic E-state index is 12.4. The van der Waals surface area contributed by atoms with Crippen LogP contribution in [0.2, 0.25) is 0 Å². The quantitative estimate of drug-likeness (QED) is 0.321. The summed E-state index contributed by atoms with van der Waals surface area (Å²) < 4.78 is 35.7. The molecule has 0 aliphatic rings. The standard InChI is InChI=1S/C23H21N5O5S/c1-13(2)34(30,31)16-10-8-15(9-11-16)18-12-25-21(24)20(26-18)23-28-27-22(33-23)17-6-4-5-7-19(17)32-14(3)29/h4-13H,1-3H3,(H2,24,25). The first kappa shape index (κ1) is 23.1. The number of nitrogens with two attached hydrogens (primary N) is 1. The minimum atomic E-state index is -3.39. The monoisotopic (exact) mass is 479 g/mol. The van der Waals surface area contributed by atoms with Crippen LogP contribution in [0.15, 0.2) is 64.0 Å². The average Bonchev–Trinajstić information content (AvgIpc) is 3.29. The van der Waals surface area contributed by atoms with Crippen molar-refractivity contribution in [3.05, 3.63) is 54.7 Å². The van der Waals surface area contributed by atoms with Crippen molar-refractivity contribution in [3.63, 3.8) is 0 Å². The molecule has 0 radical (unpaired) electrons. The Labute approximate surface area is 195 Å². The molecule has 0 aliphatic carbocycles. The number of para-hydroxylation sites is 1. The number of esters is 1. The Morgan fingerprint density at radius 2 is 1.71 bits per heavy atom. The molecule has 0 unspecified atom stereocenters. The van der Waals surface area contributed by atoms with Gasteiger partial charge in [0.1, 0.15) is 5.75 Å². The molecule has 2 aromatic carbocycles. The molecular weight excluding hydrogens is 458 g/mol. The molecule has 0 aliphatic heterocycles. The minimum Gasteiger partial charge on any atom is -0.426 e. The number of hydrogen-bond donors (Lipinski definition) is 1. The number of rotatable bonds is 6. The maximum Gasteiger partial charge on any atom is 0.308 e. The van der Waals surface area contributed by atoms with Gasteiger partial charge in [0, 0.05) is 12.5 Å². The van der Waals surface area contributed by atoms with Gasteiger partial charge in [0.15, 0.2) is 21.3 Å². The van der Waals surface area contributed by atoms with Crippen LogP contribution in [0.5, 0.6) is 5.75 Å². The van der Waals surface area contributed by atoms with E-state index in [1.54, 1.807) is 50.2 Å². The molecule has 0 saturated heterocycles. The highest BCUT2D eigenvalue weighted by Crippen LogP contribution is 2.32. The molecule has 0 spiro atoms. The van der Waals surface area contributed by atoms with Crippen LogP contribution in [0, 0.1) is 0 Å². The molecule has 0 bridgehead atoms. The summed E-state index contributed by atoms with van der Waals surface area (Å²) in [6.07, 6.45) is 1.47. The molecule has 0 saturated carbocycles. The second-order valence-corrected chi connectivity index (χ2v) is 10.1. The predicted octanol–water partition coefficient (Wildman–Crippen LogP) is 3.55. The zero-order chi connectivity index (χ0) is 24.5. The lowest BCUT2D eigenvalue weighted by Crippen LogP contribution is -2.13. The van der Waals surface area contributed by atoms with E-state index in [4.69, 9.17) is 14.9 Å². The fourth-order valence-corrected chi connectivity index (χ4v) is 4.16. The zero-order valence-corrected chi connectivity index (χ0v) is 19.4. The van der Waals surface area contributed by atoms with Crippen LogP contribution in [0.4, 0.5) is 5.82 Å². The van der Waals surface area contributed by atoms with E-state index in [2.05, 4.69) is 20.2 Å². The van der Waals surface area contributed by atoms with Gasteiger partial charge < -0.3 is 14.9 Å². The van der Waals surface area contributed by atoms with Crippen molar-refractivity contribution >= 4 is 21.6 Å². The van der Waals surface area contributed by atoms with E-state index in [0.717, 1.165) is 0 Å². The van der Waals surface area contributed by atoms with Gasteiger partial charge in [-0.15, -0.1) is 10.2 Å². The number of benzene rings is 2. The van der Waals surface area contributed by atoms with Crippen molar-refractivity contribution in [2.45, 2.75) is 30.9 Å². The lowest BCUT2D eigenvalue weighted by Gasteiger charge is -2.09. The van der Waals surface area contributed by atoms with Crippen LogP contribution in [-0.4, -0.2) is 39.8 Å². The van der Waals surface area contributed by atoms with Gasteiger partial charge in [-0.3, -0.25) is 4.79 Å². The Morgan fingerprint density at radius 3 is 2.38 bits per heavy atom. The lowest BCUT2D eigenvalue weighted by molar-refractivity contribution is -0.131. The largest absolute Gasteiger partial charge is 0.426 e. The number of sulfone groups is 1. The predicted molar refractivity (Wildman–Crippen MR) is 124 cm³/mol. The third-order valence-electron chi connectivity index (χ3n) is 4.90. The molecule has 174 valence electrons. The van der Waals surface area contributed by atoms with E-state index in [-0.39, 0.29) is 33.9 Å². The highest BCUT2D eigenvalue weighted by atomic mass is 32.2. The number of carbonyl (C=O) groups excluding carboxylic acids is 1. The fraction of sp³-hybridized carbons (Fsp3) is 0.174. The first-order valence-electron chi connectivity index (χ1n) is 10.3. The number of ether oxygens (including phenoxy) is 1. The molecule has 4 aromatic rings. The SMILES string of the molecule is CC(=O)Oc1ccccc1-c1nnc(-c2nc(-c3ccc(S(=O)(=O)C(C)C)cc3)cnc2N)o1. The van der Waals surface area contributed by atoms with E-state index in [9.17, 15) is 13.2 Å². The van der Waals surface area contributed by atoms with Gasteiger partial charge in [-0.1, -0.05) is 24.3 Å². The fourth-order valence-electron chi connectivity index (χ4n) is 3.10. The number of hydrogen-bond acceptors (Lipinski definition) is 10. The highest BCUT2D eigenvalue weighted by Gasteiger charge is 2.21. The van der Waals surface area contributed by atoms with Crippen LogP contribution in [0.3, 0.4) is 0 Å². The van der Waals surface area contributed by atoms with Gasteiger partial charge in [0.25, 0.3) is 11.8 Å². The molecule has 4 rings (SSSR count). The Morgan fingerprint density at radius 1 is 1.03 bits per heavy atom. The van der Waals surface area contributed by atoms with Crippen molar-refractivity contribution in [1.82, 2.24) is 20.2 Å². The first-order valence-corrected chi connectivity index (χ1v) is 11.8. The molecule has 0 fully saturated rings. The molecule has 2 N–H and O–H groups in total. The summed E-state index contributed by atoms with van der Waals surface area (Å²) >= 11 is 0. The Hall–Kier alpha value is -4.12. The van der Waals surface area contributed by atoms with E-state index < -0.39 is 21.1 Å². The average molecular weight is 480 g/mol. The van der Waals surface area contributed by atoms with Crippen LogP contribution in [0.1, 0.15) is 20.8 Å². The molecular formula is C23H21N5O5S. The van der Waals surface area contributed by atoms with Gasteiger partial charge in [0.05, 0.1) is 27.6 Å². The van der Waals surface area contributed by atoms with Gasteiger partial charge in [0.2, 0.25) is 0 Å². The van der Waals surface area contributed by atoms with Gasteiger partial charge in [-0.2, -0.15) is 0 Å². The molecule has 2 aromatic heterocycles. The molecule has 0 atom stereocenters. The second-order valence-electron chi connectivity index (χ2n) is 7.61. The van der Waals surface area contributed by atoms with Gasteiger partial charge >= 0.3 is 5.97 Å². The van der Waals surface area contributed by atoms with Crippen LogP contribution < -0.4 is 10.5 Å². The smallest absolute Gasteiger partial charge is 0.308 e. The van der Waals surface area contributed by atoms with Crippen LogP contribution in [-0.2, 0) is 14.6 Å². The van der Waals surface area contributed by atoms with E-state index in [1.807, 2.05) is 0 Å². The van der Waals surface area contributed by atoms with Gasteiger partial charge in [-0.05, 0) is 38.1 Å². The normalized spacial score (nSPS) is 11.5. The number of nitrogen functional groups attached to an aromatic ring is 1. The topological polar surface area (TPSA) is 151 Å². The second kappa shape index (κ2) is 9.02. The number of aromatic nitrogens is 4. The Kier molecular flexibility index (Phi) is 6.12. The summed E-state index contributed by atoms with van der Waals surface area (Å²) in [5, 5.41) is 7.53. The van der Waals surface area contributed by atoms with Crippen molar-refractivity contribution in [2.75, 3.05) is 5.73 Å². The Bertz CT molecular complexity index is 1460. The molecule has 34 heavy (non-hydrogen) atoms. The lowest BCUT2D eigenvalue weighted by atomic mass is 10.1. The third kappa shape index (κ3) is 4.50. The molecule has 2 heterocycles. The Balaban J connectivity index is 1.69. The van der Waals surface area contributed by atoms with Crippen molar-refractivity contribution in [2.24, 2.45) is 0 Å². The zero-order valence-electron chi connectivity index (χ0n) is 18.6. The van der Waals surface area contributed by atoms with Crippen LogP contribution >= 0.6 is 0 Å². The first-order chi connectivity index (χ1) is 16.2. The van der Waals surface area contributed by atoms with Crippen molar-refractivity contribution in [3.8, 4) is 40.0 Å². The molecule has 11 heteroatoms. The summed E-state index contributed by atoms with van der Waals surface area (Å²) in [6, 6.07) is 13.1. The maximum atomic E-state index is 12.4. The number of carbonyl (C=O) groups is 1. The van der Waals surface area contributed by atoms with Crippen molar-refractivity contribution in [1.29, 1.82) is 0 Å². The number of anilines is 1. The summed E-state index contributed by atoms with van der Waals surface area (Å²) in [5.41, 5.74) is 7.68. The summed E-state index contributed by atoms with van der Waals surface area (Å²) in [4.78, 5) is 20.3. The highest BCUT2D eigenvalue weighted by molar-refractivity contribution is 7.92. The molecule has 0 amide bonds. The van der Waals surface area contributed by atoms with E-state index in [0.29, 0.717) is 16.8 Å². The molecule has 10 nitrogen and oxygen atoms in total. The third-order valence-corrected chi connectivity index (χ3v) is 7.07.